The third-order valence-electron chi connectivity index (χ3n) is 5.27. The van der Waals surface area contributed by atoms with E-state index in [2.05, 4.69) is 30.0 Å². The Morgan fingerprint density at radius 1 is 0.943 bits per heavy atom. The minimum atomic E-state index is -0.466. The number of rotatable bonds is 12. The summed E-state index contributed by atoms with van der Waals surface area (Å²) in [6, 6.07) is 17.5. The number of hydrogen-bond acceptors (Lipinski definition) is 6. The van der Waals surface area contributed by atoms with Gasteiger partial charge in [0, 0.05) is 6.42 Å². The molecule has 2 amide bonds. The Morgan fingerprint density at radius 2 is 1.66 bits per heavy atom. The van der Waals surface area contributed by atoms with Gasteiger partial charge in [0.15, 0.2) is 11.7 Å². The molecule has 0 aromatic heterocycles. The van der Waals surface area contributed by atoms with Gasteiger partial charge in [-0.15, -0.1) is 0 Å². The van der Waals surface area contributed by atoms with Crippen LogP contribution in [0, 0.1) is 0 Å². The van der Waals surface area contributed by atoms with E-state index in [1.54, 1.807) is 0 Å². The van der Waals surface area contributed by atoms with Crippen molar-refractivity contribution in [1.29, 1.82) is 0 Å². The zero-order valence-corrected chi connectivity index (χ0v) is 21.0. The first-order valence-corrected chi connectivity index (χ1v) is 12.1. The molecule has 0 fully saturated rings. The van der Waals surface area contributed by atoms with E-state index in [-0.39, 0.29) is 24.6 Å². The van der Waals surface area contributed by atoms with Crippen LogP contribution in [-0.2, 0) is 25.5 Å². The summed E-state index contributed by atoms with van der Waals surface area (Å²) in [6.07, 6.45) is 2.43. The van der Waals surface area contributed by atoms with E-state index in [9.17, 15) is 14.4 Å². The van der Waals surface area contributed by atoms with Gasteiger partial charge in [0.25, 0.3) is 5.91 Å². The highest BCUT2D eigenvalue weighted by molar-refractivity contribution is 7.80. The van der Waals surface area contributed by atoms with Crippen molar-refractivity contribution in [3.63, 3.8) is 0 Å². The zero-order valence-electron chi connectivity index (χ0n) is 20.2. The highest BCUT2D eigenvalue weighted by atomic mass is 32.1. The summed E-state index contributed by atoms with van der Waals surface area (Å²) in [5.74, 6) is -0.338. The maximum Gasteiger partial charge on any atom is 0.306 e. The molecule has 2 aromatic carbocycles. The van der Waals surface area contributed by atoms with Gasteiger partial charge in [0.1, 0.15) is 5.75 Å². The van der Waals surface area contributed by atoms with Gasteiger partial charge in [-0.2, -0.15) is 0 Å². The predicted molar refractivity (Wildman–Crippen MR) is 138 cm³/mol. The molecule has 1 atom stereocenters. The quantitative estimate of drug-likeness (QED) is 0.177. The van der Waals surface area contributed by atoms with Crippen LogP contribution in [0.5, 0.6) is 5.75 Å². The summed E-state index contributed by atoms with van der Waals surface area (Å²) in [7, 11) is 0. The Balaban J connectivity index is 1.54. The monoisotopic (exact) mass is 499 g/mol. The van der Waals surface area contributed by atoms with Crippen LogP contribution in [0.25, 0.3) is 0 Å². The number of amides is 2. The number of benzene rings is 2. The van der Waals surface area contributed by atoms with Crippen molar-refractivity contribution < 1.29 is 23.9 Å². The van der Waals surface area contributed by atoms with Gasteiger partial charge in [-0.05, 0) is 60.7 Å². The van der Waals surface area contributed by atoms with Crippen molar-refractivity contribution in [3.8, 4) is 5.75 Å². The molecule has 0 aliphatic rings. The van der Waals surface area contributed by atoms with Gasteiger partial charge in [-0.3, -0.25) is 25.2 Å². The second kappa shape index (κ2) is 15.4. The fourth-order valence-corrected chi connectivity index (χ4v) is 3.22. The number of ether oxygens (including phenoxy) is 2. The molecule has 2 aromatic rings. The van der Waals surface area contributed by atoms with Crippen molar-refractivity contribution in [3.05, 3.63) is 65.7 Å². The van der Waals surface area contributed by atoms with Gasteiger partial charge in [0.05, 0.1) is 13.0 Å². The van der Waals surface area contributed by atoms with Gasteiger partial charge in [-0.25, -0.2) is 0 Å². The maximum atomic E-state index is 11.9. The molecular weight excluding hydrogens is 466 g/mol. The van der Waals surface area contributed by atoms with Crippen LogP contribution < -0.4 is 20.9 Å². The molecule has 3 N–H and O–H groups in total. The van der Waals surface area contributed by atoms with Crippen LogP contribution in [0.1, 0.15) is 56.6 Å². The molecule has 0 saturated carbocycles. The molecule has 0 saturated heterocycles. The number of hydrazine groups is 1. The van der Waals surface area contributed by atoms with Crippen molar-refractivity contribution in [2.75, 3.05) is 13.2 Å². The van der Waals surface area contributed by atoms with Crippen LogP contribution in [0.15, 0.2) is 54.6 Å². The smallest absolute Gasteiger partial charge is 0.306 e. The molecule has 0 radical (unpaired) electrons. The molecule has 0 aliphatic carbocycles. The highest BCUT2D eigenvalue weighted by Gasteiger charge is 2.11. The SMILES string of the molecule is CCC(C)c1ccc(OCC(=O)NNC(=S)NC(=O)CCC(=O)OCCCc2ccccc2)cc1. The number of carbonyl (C=O) groups is 3. The predicted octanol–water partition coefficient (Wildman–Crippen LogP) is 3.56. The summed E-state index contributed by atoms with van der Waals surface area (Å²) in [4.78, 5) is 35.7. The van der Waals surface area contributed by atoms with Crippen LogP contribution >= 0.6 is 12.2 Å². The molecule has 0 bridgehead atoms. The lowest BCUT2D eigenvalue weighted by Crippen LogP contribution is -2.49. The fourth-order valence-electron chi connectivity index (χ4n) is 3.05. The average molecular weight is 500 g/mol. The Bertz CT molecular complexity index is 967. The third-order valence-corrected chi connectivity index (χ3v) is 5.48. The Morgan fingerprint density at radius 3 is 2.34 bits per heavy atom. The van der Waals surface area contributed by atoms with Crippen LogP contribution in [-0.4, -0.2) is 36.1 Å². The lowest BCUT2D eigenvalue weighted by atomic mass is 9.99. The number of thiocarbonyl (C=S) groups is 1. The van der Waals surface area contributed by atoms with E-state index in [0.29, 0.717) is 24.7 Å². The van der Waals surface area contributed by atoms with Gasteiger partial charge >= 0.3 is 5.97 Å². The minimum Gasteiger partial charge on any atom is -0.484 e. The molecular formula is C26H33N3O5S. The third kappa shape index (κ3) is 11.5. The standard InChI is InChI=1S/C26H33N3O5S/c1-3-19(2)21-11-13-22(14-12-21)34-18-24(31)28-29-26(35)27-23(30)15-16-25(32)33-17-7-10-20-8-5-4-6-9-20/h4-6,8-9,11-14,19H,3,7,10,15-18H2,1-2H3,(H,28,31)(H2,27,29,30,35). The number of aryl methyl sites for hydroxylation is 1. The first-order valence-electron chi connectivity index (χ1n) is 11.7. The number of esters is 1. The first kappa shape index (κ1) is 27.8. The lowest BCUT2D eigenvalue weighted by molar-refractivity contribution is -0.145. The van der Waals surface area contributed by atoms with E-state index in [1.807, 2.05) is 54.6 Å². The van der Waals surface area contributed by atoms with Crippen molar-refractivity contribution in [1.82, 2.24) is 16.2 Å². The van der Waals surface area contributed by atoms with Crippen LogP contribution in [0.4, 0.5) is 0 Å². The van der Waals surface area contributed by atoms with Crippen LogP contribution in [0.3, 0.4) is 0 Å². The molecule has 1 unspecified atom stereocenters. The van der Waals surface area contributed by atoms with E-state index < -0.39 is 17.8 Å². The molecule has 0 aliphatic heterocycles. The van der Waals surface area contributed by atoms with Crippen molar-refractivity contribution >= 4 is 35.1 Å². The number of nitrogens with one attached hydrogen (secondary N) is 3. The van der Waals surface area contributed by atoms with E-state index in [4.69, 9.17) is 21.7 Å². The second-order valence-electron chi connectivity index (χ2n) is 8.03. The summed E-state index contributed by atoms with van der Waals surface area (Å²) < 4.78 is 10.6. The van der Waals surface area contributed by atoms with E-state index in [1.165, 1.54) is 11.1 Å². The molecule has 0 heterocycles. The van der Waals surface area contributed by atoms with Crippen molar-refractivity contribution in [2.45, 2.75) is 51.9 Å². The average Bonchev–Trinajstić information content (AvgIpc) is 2.88. The number of carbonyl (C=O) groups excluding carboxylic acids is 3. The molecule has 2 rings (SSSR count). The van der Waals surface area contributed by atoms with Gasteiger partial charge in [0.2, 0.25) is 5.91 Å². The molecule has 8 nitrogen and oxygen atoms in total. The van der Waals surface area contributed by atoms with E-state index >= 15 is 0 Å². The maximum absolute atomic E-state index is 11.9. The summed E-state index contributed by atoms with van der Waals surface area (Å²) >= 11 is 4.97. The summed E-state index contributed by atoms with van der Waals surface area (Å²) in [6.45, 7) is 4.35. The Labute approximate surface area is 211 Å². The summed E-state index contributed by atoms with van der Waals surface area (Å²) in [5, 5.41) is 2.31. The van der Waals surface area contributed by atoms with Crippen LogP contribution in [0.2, 0.25) is 0 Å². The molecule has 0 spiro atoms. The number of hydrogen-bond donors (Lipinski definition) is 3. The fraction of sp³-hybridized carbons (Fsp3) is 0.385. The summed E-state index contributed by atoms with van der Waals surface area (Å²) in [5.41, 5.74) is 7.17. The highest BCUT2D eigenvalue weighted by Crippen LogP contribution is 2.21. The minimum absolute atomic E-state index is 0.0597. The lowest BCUT2D eigenvalue weighted by Gasteiger charge is -2.12. The topological polar surface area (TPSA) is 106 Å². The van der Waals surface area contributed by atoms with E-state index in [0.717, 1.165) is 12.8 Å². The van der Waals surface area contributed by atoms with Gasteiger partial charge in [-0.1, -0.05) is 56.3 Å². The Kier molecular flexibility index (Phi) is 12.3. The molecule has 35 heavy (non-hydrogen) atoms. The van der Waals surface area contributed by atoms with Crippen molar-refractivity contribution in [2.24, 2.45) is 0 Å². The largest absolute Gasteiger partial charge is 0.484 e. The molecule has 188 valence electrons. The second-order valence-corrected chi connectivity index (χ2v) is 8.44. The Hall–Kier alpha value is -3.46. The molecule has 9 heteroatoms. The first-order chi connectivity index (χ1) is 16.9. The van der Waals surface area contributed by atoms with Gasteiger partial charge < -0.3 is 14.8 Å². The zero-order chi connectivity index (χ0) is 25.5. The normalized spacial score (nSPS) is 11.1.